The van der Waals surface area contributed by atoms with Crippen LogP contribution in [0.5, 0.6) is 0 Å². The van der Waals surface area contributed by atoms with Gasteiger partial charge in [-0.3, -0.25) is 14.8 Å². The van der Waals surface area contributed by atoms with Crippen molar-refractivity contribution in [1.82, 2.24) is 15.7 Å². The van der Waals surface area contributed by atoms with Crippen molar-refractivity contribution in [2.75, 3.05) is 25.0 Å². The first-order valence-corrected chi connectivity index (χ1v) is 10.7. The minimum absolute atomic E-state index is 0.152. The Balaban J connectivity index is 1.83. The van der Waals surface area contributed by atoms with Gasteiger partial charge in [0.25, 0.3) is 5.91 Å². The van der Waals surface area contributed by atoms with Crippen molar-refractivity contribution in [1.29, 1.82) is 0 Å². The lowest BCUT2D eigenvalue weighted by atomic mass is 10.0. The predicted molar refractivity (Wildman–Crippen MR) is 116 cm³/mol. The van der Waals surface area contributed by atoms with Crippen molar-refractivity contribution in [3.8, 4) is 0 Å². The highest BCUT2D eigenvalue weighted by atomic mass is 35.5. The third-order valence-electron chi connectivity index (χ3n) is 5.08. The van der Waals surface area contributed by atoms with Crippen molar-refractivity contribution in [3.63, 3.8) is 0 Å². The molecule has 2 rings (SSSR count). The first kappa shape index (κ1) is 24.2. The second-order valence-corrected chi connectivity index (χ2v) is 8.57. The van der Waals surface area contributed by atoms with Gasteiger partial charge in [0.1, 0.15) is 6.54 Å². The highest BCUT2D eigenvalue weighted by molar-refractivity contribution is 6.35. The van der Waals surface area contributed by atoms with Crippen LogP contribution >= 0.6 is 23.2 Å². The molecule has 1 fully saturated rings. The van der Waals surface area contributed by atoms with Crippen molar-refractivity contribution >= 4 is 46.7 Å². The molecule has 1 saturated carbocycles. The van der Waals surface area contributed by atoms with E-state index in [1.807, 2.05) is 6.92 Å². The van der Waals surface area contributed by atoms with Crippen LogP contribution in [0.25, 0.3) is 0 Å². The number of anilines is 1. The fourth-order valence-corrected chi connectivity index (χ4v) is 3.83. The number of benzene rings is 1. The van der Waals surface area contributed by atoms with Crippen LogP contribution in [0, 0.1) is 11.8 Å². The van der Waals surface area contributed by atoms with Gasteiger partial charge in [-0.05, 0) is 42.9 Å². The fourth-order valence-electron chi connectivity index (χ4n) is 3.49. The van der Waals surface area contributed by atoms with E-state index in [2.05, 4.69) is 10.6 Å². The van der Waals surface area contributed by atoms with Crippen LogP contribution in [0.2, 0.25) is 10.0 Å². The molecule has 8 nitrogen and oxygen atoms in total. The highest BCUT2D eigenvalue weighted by Crippen LogP contribution is 2.26. The van der Waals surface area contributed by atoms with Gasteiger partial charge >= 0.3 is 6.03 Å². The molecule has 1 aliphatic rings. The number of rotatable bonds is 9. The molecule has 4 N–H and O–H groups in total. The molecule has 0 aromatic heterocycles. The molecule has 1 aromatic rings. The summed E-state index contributed by atoms with van der Waals surface area (Å²) in [5, 5.41) is 14.9. The Hall–Kier alpha value is -2.03. The van der Waals surface area contributed by atoms with Crippen molar-refractivity contribution in [3.05, 3.63) is 28.2 Å². The lowest BCUT2D eigenvalue weighted by molar-refractivity contribution is -0.140. The van der Waals surface area contributed by atoms with Crippen LogP contribution in [-0.2, 0) is 9.59 Å². The summed E-state index contributed by atoms with van der Waals surface area (Å²) in [5.74, 6) is -0.577. The molecule has 0 aliphatic heterocycles. The number of nitrogens with zero attached hydrogens (tertiary/aromatic N) is 1. The lowest BCUT2D eigenvalue weighted by Gasteiger charge is -2.26. The second-order valence-electron chi connectivity index (χ2n) is 7.73. The van der Waals surface area contributed by atoms with Crippen LogP contribution in [0.15, 0.2) is 18.2 Å². The average Bonchev–Trinajstić information content (AvgIpc) is 3.21. The maximum atomic E-state index is 12.7. The molecule has 10 heteroatoms. The van der Waals surface area contributed by atoms with E-state index in [1.165, 1.54) is 4.90 Å². The first-order chi connectivity index (χ1) is 14.3. The summed E-state index contributed by atoms with van der Waals surface area (Å²) in [6.45, 7) is 2.42. The molecule has 0 unspecified atom stereocenters. The molecule has 1 aromatic carbocycles. The maximum absolute atomic E-state index is 12.7. The van der Waals surface area contributed by atoms with E-state index >= 15 is 0 Å². The number of urea groups is 1. The first-order valence-electron chi connectivity index (χ1n) is 9.99. The molecule has 0 spiro atoms. The SMILES string of the molecule is C[C@H](CNC(=O)Nc1cc(Cl)ccc1Cl)CC(=O)N(CC(=O)NO)CC1CCCC1. The number of hydrogen-bond acceptors (Lipinski definition) is 4. The van der Waals surface area contributed by atoms with E-state index in [1.54, 1.807) is 23.7 Å². The van der Waals surface area contributed by atoms with Gasteiger partial charge in [-0.1, -0.05) is 43.0 Å². The number of hydrogen-bond donors (Lipinski definition) is 4. The van der Waals surface area contributed by atoms with Crippen molar-refractivity contribution in [2.45, 2.75) is 39.0 Å². The van der Waals surface area contributed by atoms with Gasteiger partial charge in [-0.15, -0.1) is 0 Å². The van der Waals surface area contributed by atoms with Gasteiger partial charge in [-0.25, -0.2) is 10.3 Å². The maximum Gasteiger partial charge on any atom is 0.319 e. The van der Waals surface area contributed by atoms with Crippen molar-refractivity contribution < 1.29 is 19.6 Å². The second kappa shape index (κ2) is 12.0. The topological polar surface area (TPSA) is 111 Å². The summed E-state index contributed by atoms with van der Waals surface area (Å²) >= 11 is 11.9. The molecule has 0 bridgehead atoms. The standard InChI is InChI=1S/C20H28Cl2N4O4/c1-13(10-23-20(29)24-17-9-15(21)6-7-16(17)22)8-19(28)26(12-18(27)25-30)11-14-4-2-3-5-14/h6-7,9,13-14,30H,2-5,8,10-12H2,1H3,(H,25,27)(H2,23,24,29)/t13-/m0/s1. The third-order valence-corrected chi connectivity index (χ3v) is 5.64. The van der Waals surface area contributed by atoms with Gasteiger partial charge in [0.2, 0.25) is 5.91 Å². The molecule has 0 saturated heterocycles. The van der Waals surface area contributed by atoms with Crippen LogP contribution in [0.4, 0.5) is 10.5 Å². The predicted octanol–water partition coefficient (Wildman–Crippen LogP) is 3.67. The Labute approximate surface area is 186 Å². The average molecular weight is 459 g/mol. The number of amides is 4. The molecule has 0 heterocycles. The Kier molecular flexibility index (Phi) is 9.68. The molecular weight excluding hydrogens is 431 g/mol. The summed E-state index contributed by atoms with van der Waals surface area (Å²) in [5.41, 5.74) is 1.97. The van der Waals surface area contributed by atoms with E-state index in [-0.39, 0.29) is 31.3 Å². The van der Waals surface area contributed by atoms with Gasteiger partial charge in [-0.2, -0.15) is 0 Å². The summed E-state index contributed by atoms with van der Waals surface area (Å²) in [6.07, 6.45) is 4.50. The molecule has 1 aliphatic carbocycles. The molecular formula is C20H28Cl2N4O4. The molecule has 166 valence electrons. The van der Waals surface area contributed by atoms with Gasteiger partial charge in [0, 0.05) is 24.5 Å². The van der Waals surface area contributed by atoms with E-state index < -0.39 is 11.9 Å². The number of nitrogens with one attached hydrogen (secondary N) is 3. The third kappa shape index (κ3) is 8.01. The van der Waals surface area contributed by atoms with Crippen molar-refractivity contribution in [2.24, 2.45) is 11.8 Å². The van der Waals surface area contributed by atoms with E-state index in [0.29, 0.717) is 28.2 Å². The van der Waals surface area contributed by atoms with E-state index in [4.69, 9.17) is 28.4 Å². The Morgan fingerprint density at radius 3 is 2.60 bits per heavy atom. The van der Waals surface area contributed by atoms with Crippen LogP contribution < -0.4 is 16.1 Å². The zero-order valence-electron chi connectivity index (χ0n) is 16.9. The zero-order valence-corrected chi connectivity index (χ0v) is 18.4. The Morgan fingerprint density at radius 1 is 1.23 bits per heavy atom. The summed E-state index contributed by atoms with van der Waals surface area (Å²) in [6, 6.07) is 4.29. The Bertz CT molecular complexity index is 756. The zero-order chi connectivity index (χ0) is 22.1. The number of hydroxylamine groups is 1. The number of halogens is 2. The largest absolute Gasteiger partial charge is 0.338 e. The Morgan fingerprint density at radius 2 is 1.93 bits per heavy atom. The summed E-state index contributed by atoms with van der Waals surface area (Å²) in [7, 11) is 0. The molecule has 4 amide bonds. The monoisotopic (exact) mass is 458 g/mol. The van der Waals surface area contributed by atoms with Crippen LogP contribution in [0.1, 0.15) is 39.0 Å². The number of carbonyl (C=O) groups is 3. The molecule has 0 radical (unpaired) electrons. The van der Waals surface area contributed by atoms with Gasteiger partial charge in [0.05, 0.1) is 10.7 Å². The highest BCUT2D eigenvalue weighted by Gasteiger charge is 2.24. The van der Waals surface area contributed by atoms with Crippen LogP contribution in [-0.4, -0.2) is 47.6 Å². The minimum Gasteiger partial charge on any atom is -0.338 e. The normalized spacial score (nSPS) is 14.8. The van der Waals surface area contributed by atoms with Gasteiger partial charge < -0.3 is 15.5 Å². The minimum atomic E-state index is -0.620. The smallest absolute Gasteiger partial charge is 0.319 e. The van der Waals surface area contributed by atoms with E-state index in [0.717, 1.165) is 25.7 Å². The quantitative estimate of drug-likeness (QED) is 0.334. The van der Waals surface area contributed by atoms with Gasteiger partial charge in [0.15, 0.2) is 0 Å². The lowest BCUT2D eigenvalue weighted by Crippen LogP contribution is -2.43. The van der Waals surface area contributed by atoms with Crippen LogP contribution in [0.3, 0.4) is 0 Å². The molecule has 1 atom stereocenters. The summed E-state index contributed by atoms with van der Waals surface area (Å²) < 4.78 is 0. The van der Waals surface area contributed by atoms with E-state index in [9.17, 15) is 14.4 Å². The fraction of sp³-hybridized carbons (Fsp3) is 0.550. The number of carbonyl (C=O) groups excluding carboxylic acids is 3. The summed E-state index contributed by atoms with van der Waals surface area (Å²) in [4.78, 5) is 37.9. The molecule has 30 heavy (non-hydrogen) atoms.